The van der Waals surface area contributed by atoms with E-state index in [2.05, 4.69) is 53.4 Å². The van der Waals surface area contributed by atoms with Gasteiger partial charge in [0.2, 0.25) is 5.91 Å². The number of amides is 1. The van der Waals surface area contributed by atoms with Gasteiger partial charge in [0.25, 0.3) is 0 Å². The number of ether oxygens (including phenoxy) is 1. The van der Waals surface area contributed by atoms with Crippen molar-refractivity contribution in [3.8, 4) is 0 Å². The summed E-state index contributed by atoms with van der Waals surface area (Å²) in [5, 5.41) is 3.29. The zero-order chi connectivity index (χ0) is 23.0. The molecule has 7 nitrogen and oxygen atoms in total. The molecule has 33 heavy (non-hydrogen) atoms. The van der Waals surface area contributed by atoms with Crippen LogP contribution in [0.4, 0.5) is 5.82 Å². The highest BCUT2D eigenvalue weighted by Crippen LogP contribution is 2.39. The SMILES string of the molecule is CNc1nc(C2CCN(C(=O)C3(c4cccc(C)c4)CCOCC3)C2)nc2c1CN(C)CC2. The number of anilines is 1. The number of nitrogens with zero attached hydrogens (tertiary/aromatic N) is 4. The quantitative estimate of drug-likeness (QED) is 0.774. The van der Waals surface area contributed by atoms with Crippen LogP contribution in [0.5, 0.6) is 0 Å². The van der Waals surface area contributed by atoms with Crippen molar-refractivity contribution in [2.24, 2.45) is 0 Å². The third-order valence-electron chi connectivity index (χ3n) is 7.67. The Bertz CT molecular complexity index is 1020. The third-order valence-corrected chi connectivity index (χ3v) is 7.67. The number of aryl methyl sites for hydroxylation is 1. The van der Waals surface area contributed by atoms with Crippen LogP contribution in [0.25, 0.3) is 0 Å². The summed E-state index contributed by atoms with van der Waals surface area (Å²) in [5.74, 6) is 2.24. The van der Waals surface area contributed by atoms with Gasteiger partial charge in [-0.25, -0.2) is 9.97 Å². The lowest BCUT2D eigenvalue weighted by molar-refractivity contribution is -0.140. The fourth-order valence-corrected chi connectivity index (χ4v) is 5.70. The lowest BCUT2D eigenvalue weighted by atomic mass is 9.72. The van der Waals surface area contributed by atoms with Gasteiger partial charge in [-0.3, -0.25) is 4.79 Å². The van der Waals surface area contributed by atoms with Crippen molar-refractivity contribution in [1.82, 2.24) is 19.8 Å². The lowest BCUT2D eigenvalue weighted by Gasteiger charge is -2.39. The highest BCUT2D eigenvalue weighted by atomic mass is 16.5. The molecule has 1 amide bonds. The van der Waals surface area contributed by atoms with Gasteiger partial charge in [0.1, 0.15) is 11.6 Å². The number of likely N-dealkylation sites (N-methyl/N-ethyl adjacent to an activating group) is 1. The number of fused-ring (bicyclic) bond motifs is 1. The number of rotatable bonds is 4. The molecule has 3 aliphatic heterocycles. The first-order chi connectivity index (χ1) is 16.0. The van der Waals surface area contributed by atoms with Crippen LogP contribution >= 0.6 is 0 Å². The van der Waals surface area contributed by atoms with Crippen molar-refractivity contribution in [1.29, 1.82) is 0 Å². The van der Waals surface area contributed by atoms with Crippen molar-refractivity contribution in [2.45, 2.75) is 50.5 Å². The zero-order valence-corrected chi connectivity index (χ0v) is 20.1. The molecule has 5 rings (SSSR count). The van der Waals surface area contributed by atoms with Gasteiger partial charge in [-0.15, -0.1) is 0 Å². The number of aromatic nitrogens is 2. The molecule has 4 heterocycles. The zero-order valence-electron chi connectivity index (χ0n) is 20.1. The Balaban J connectivity index is 1.40. The number of benzene rings is 1. The summed E-state index contributed by atoms with van der Waals surface area (Å²) >= 11 is 0. The number of carbonyl (C=O) groups excluding carboxylic acids is 1. The largest absolute Gasteiger partial charge is 0.381 e. The van der Waals surface area contributed by atoms with Gasteiger partial charge in [0, 0.05) is 64.3 Å². The first-order valence-electron chi connectivity index (χ1n) is 12.2. The first kappa shape index (κ1) is 22.3. The van der Waals surface area contributed by atoms with Gasteiger partial charge in [-0.2, -0.15) is 0 Å². The molecule has 0 saturated carbocycles. The molecular formula is C26H35N5O2. The molecule has 1 atom stereocenters. The molecule has 2 aromatic rings. The lowest BCUT2D eigenvalue weighted by Crippen LogP contribution is -2.49. The molecule has 176 valence electrons. The topological polar surface area (TPSA) is 70.6 Å². The van der Waals surface area contributed by atoms with Crippen LogP contribution in [-0.4, -0.2) is 72.6 Å². The Labute approximate surface area is 196 Å². The molecule has 1 aromatic carbocycles. The maximum Gasteiger partial charge on any atom is 0.233 e. The van der Waals surface area contributed by atoms with E-state index in [1.165, 1.54) is 11.1 Å². The van der Waals surface area contributed by atoms with Crippen LogP contribution in [0.3, 0.4) is 0 Å². The first-order valence-corrected chi connectivity index (χ1v) is 12.2. The average Bonchev–Trinajstić information content (AvgIpc) is 3.33. The summed E-state index contributed by atoms with van der Waals surface area (Å²) in [4.78, 5) is 28.3. The molecule has 0 bridgehead atoms. The minimum Gasteiger partial charge on any atom is -0.381 e. The van der Waals surface area contributed by atoms with Gasteiger partial charge in [0.15, 0.2) is 0 Å². The van der Waals surface area contributed by atoms with Crippen molar-refractivity contribution >= 4 is 11.7 Å². The molecule has 1 N–H and O–H groups in total. The standard InChI is InChI=1S/C26H35N5O2/c1-18-5-4-6-20(15-18)26(9-13-33-14-10-26)25(32)31-12-7-19(16-31)23-28-22-8-11-30(3)17-21(22)24(27-2)29-23/h4-6,15,19H,7-14,16-17H2,1-3H3,(H,27,28,29). The summed E-state index contributed by atoms with van der Waals surface area (Å²) in [6.45, 7) is 6.70. The van der Waals surface area contributed by atoms with Crippen molar-refractivity contribution in [3.63, 3.8) is 0 Å². The molecule has 2 fully saturated rings. The van der Waals surface area contributed by atoms with Gasteiger partial charge < -0.3 is 19.9 Å². The molecule has 7 heteroatoms. The highest BCUT2D eigenvalue weighted by molar-refractivity contribution is 5.89. The second-order valence-electron chi connectivity index (χ2n) is 9.89. The molecule has 1 unspecified atom stereocenters. The number of nitrogens with one attached hydrogen (secondary N) is 1. The predicted molar refractivity (Wildman–Crippen MR) is 128 cm³/mol. The monoisotopic (exact) mass is 449 g/mol. The molecule has 3 aliphatic rings. The second-order valence-corrected chi connectivity index (χ2v) is 9.89. The molecule has 0 spiro atoms. The van der Waals surface area contributed by atoms with Gasteiger partial charge >= 0.3 is 0 Å². The Morgan fingerprint density at radius 1 is 1.21 bits per heavy atom. The minimum absolute atomic E-state index is 0.181. The molecule has 2 saturated heterocycles. The van der Waals surface area contributed by atoms with E-state index in [0.29, 0.717) is 19.8 Å². The van der Waals surface area contributed by atoms with E-state index < -0.39 is 5.41 Å². The van der Waals surface area contributed by atoms with Crippen LogP contribution in [0.2, 0.25) is 0 Å². The molecular weight excluding hydrogens is 414 g/mol. The van der Waals surface area contributed by atoms with E-state index in [1.807, 2.05) is 7.05 Å². The Hall–Kier alpha value is -2.51. The Morgan fingerprint density at radius 2 is 2.03 bits per heavy atom. The van der Waals surface area contributed by atoms with Gasteiger partial charge in [0.05, 0.1) is 11.1 Å². The molecule has 0 radical (unpaired) electrons. The molecule has 0 aliphatic carbocycles. The molecule has 1 aromatic heterocycles. The van der Waals surface area contributed by atoms with Gasteiger partial charge in [-0.1, -0.05) is 29.8 Å². The summed E-state index contributed by atoms with van der Waals surface area (Å²) in [6, 6.07) is 8.46. The summed E-state index contributed by atoms with van der Waals surface area (Å²) in [5.41, 5.74) is 4.20. The second kappa shape index (κ2) is 9.03. The van der Waals surface area contributed by atoms with E-state index in [-0.39, 0.29) is 11.8 Å². The van der Waals surface area contributed by atoms with Crippen LogP contribution in [-0.2, 0) is 27.9 Å². The smallest absolute Gasteiger partial charge is 0.233 e. The Morgan fingerprint density at radius 3 is 2.79 bits per heavy atom. The minimum atomic E-state index is -0.489. The van der Waals surface area contributed by atoms with Crippen molar-refractivity contribution in [3.05, 3.63) is 52.5 Å². The van der Waals surface area contributed by atoms with Gasteiger partial charge in [-0.05, 0) is 38.8 Å². The highest BCUT2D eigenvalue weighted by Gasteiger charge is 2.46. The van der Waals surface area contributed by atoms with E-state index >= 15 is 0 Å². The third kappa shape index (κ3) is 4.13. The Kier molecular flexibility index (Phi) is 6.10. The summed E-state index contributed by atoms with van der Waals surface area (Å²) in [6.07, 6.45) is 3.34. The van der Waals surface area contributed by atoms with E-state index in [0.717, 1.165) is 68.2 Å². The number of hydrogen-bond donors (Lipinski definition) is 1. The van der Waals surface area contributed by atoms with E-state index in [1.54, 1.807) is 0 Å². The van der Waals surface area contributed by atoms with Crippen molar-refractivity contribution in [2.75, 3.05) is 52.3 Å². The average molecular weight is 450 g/mol. The van der Waals surface area contributed by atoms with E-state index in [9.17, 15) is 4.79 Å². The summed E-state index contributed by atoms with van der Waals surface area (Å²) < 4.78 is 5.66. The van der Waals surface area contributed by atoms with Crippen LogP contribution in [0.15, 0.2) is 24.3 Å². The van der Waals surface area contributed by atoms with Crippen LogP contribution in [0, 0.1) is 6.92 Å². The fraction of sp³-hybridized carbons (Fsp3) is 0.577. The normalized spacial score (nSPS) is 22.8. The number of likely N-dealkylation sites (tertiary alicyclic amines) is 1. The number of hydrogen-bond acceptors (Lipinski definition) is 6. The summed E-state index contributed by atoms with van der Waals surface area (Å²) in [7, 11) is 4.07. The maximum absolute atomic E-state index is 14.0. The predicted octanol–water partition coefficient (Wildman–Crippen LogP) is 2.88. The fourth-order valence-electron chi connectivity index (χ4n) is 5.70. The number of carbonyl (C=O) groups is 1. The van der Waals surface area contributed by atoms with Crippen molar-refractivity contribution < 1.29 is 9.53 Å². The van der Waals surface area contributed by atoms with Crippen LogP contribution in [0.1, 0.15) is 53.4 Å². The maximum atomic E-state index is 14.0. The van der Waals surface area contributed by atoms with Crippen LogP contribution < -0.4 is 5.32 Å². The van der Waals surface area contributed by atoms with E-state index in [4.69, 9.17) is 14.7 Å².